The second-order valence-electron chi connectivity index (χ2n) is 5.77. The normalized spacial score (nSPS) is 12.9. The Morgan fingerprint density at radius 2 is 1.54 bits per heavy atom. The fourth-order valence-electron chi connectivity index (χ4n) is 2.11. The van der Waals surface area contributed by atoms with Crippen molar-refractivity contribution in [2.45, 2.75) is 24.8 Å². The summed E-state index contributed by atoms with van der Waals surface area (Å²) >= 11 is 0. The molecule has 128 valence electrons. The van der Waals surface area contributed by atoms with Crippen LogP contribution in [-0.4, -0.2) is 32.8 Å². The highest BCUT2D eigenvalue weighted by Crippen LogP contribution is 2.20. The Morgan fingerprint density at radius 1 is 1.00 bits per heavy atom. The van der Waals surface area contributed by atoms with Crippen LogP contribution >= 0.6 is 0 Å². The molecule has 0 bridgehead atoms. The van der Waals surface area contributed by atoms with Gasteiger partial charge >= 0.3 is 5.97 Å². The number of carbonyl (C=O) groups is 1. The molecule has 0 unspecified atom stereocenters. The van der Waals surface area contributed by atoms with Gasteiger partial charge in [0.25, 0.3) is 0 Å². The van der Waals surface area contributed by atoms with Gasteiger partial charge in [0.2, 0.25) is 10.0 Å². The van der Waals surface area contributed by atoms with E-state index in [1.54, 1.807) is 6.92 Å². The summed E-state index contributed by atoms with van der Waals surface area (Å²) < 4.78 is 30.6. The molecule has 0 spiro atoms. The molecule has 0 amide bonds. The molecule has 0 radical (unpaired) electrons. The molecule has 2 rings (SSSR count). The third-order valence-electron chi connectivity index (χ3n) is 3.70. The standard InChI is InChI=1S/C18H21NO4S/c1-13-5-7-15(8-6-13)14(2)23-18(20)16-9-11-17(12-10-16)24(21,22)19(3)4/h5-12,14H,1-4H3/t14-/m1/s1. The highest BCUT2D eigenvalue weighted by molar-refractivity contribution is 7.89. The van der Waals surface area contributed by atoms with Crippen LogP contribution < -0.4 is 0 Å². The Balaban J connectivity index is 2.11. The average Bonchev–Trinajstić information content (AvgIpc) is 2.55. The largest absolute Gasteiger partial charge is 0.454 e. The van der Waals surface area contributed by atoms with E-state index in [4.69, 9.17) is 4.74 Å². The number of nitrogens with zero attached hydrogens (tertiary/aromatic N) is 1. The van der Waals surface area contributed by atoms with Gasteiger partial charge in [-0.25, -0.2) is 17.5 Å². The minimum Gasteiger partial charge on any atom is -0.454 e. The highest BCUT2D eigenvalue weighted by atomic mass is 32.2. The highest BCUT2D eigenvalue weighted by Gasteiger charge is 2.19. The van der Waals surface area contributed by atoms with Gasteiger partial charge in [-0.05, 0) is 43.7 Å². The maximum atomic E-state index is 12.2. The minimum atomic E-state index is -3.51. The van der Waals surface area contributed by atoms with Crippen LogP contribution in [0.5, 0.6) is 0 Å². The molecule has 0 heterocycles. The summed E-state index contributed by atoms with van der Waals surface area (Å²) in [6.07, 6.45) is -0.386. The van der Waals surface area contributed by atoms with Gasteiger partial charge in [0, 0.05) is 14.1 Å². The van der Waals surface area contributed by atoms with E-state index < -0.39 is 16.0 Å². The number of aryl methyl sites for hydroxylation is 1. The Hall–Kier alpha value is -2.18. The van der Waals surface area contributed by atoms with Gasteiger partial charge in [-0.1, -0.05) is 29.8 Å². The first kappa shape index (κ1) is 18.2. The Labute approximate surface area is 142 Å². The maximum absolute atomic E-state index is 12.2. The summed E-state index contributed by atoms with van der Waals surface area (Å²) in [6.45, 7) is 3.79. The SMILES string of the molecule is Cc1ccc([C@@H](C)OC(=O)c2ccc(S(=O)(=O)N(C)C)cc2)cc1. The van der Waals surface area contributed by atoms with E-state index in [0.717, 1.165) is 15.4 Å². The molecule has 0 aliphatic heterocycles. The zero-order valence-corrected chi connectivity index (χ0v) is 15.0. The van der Waals surface area contributed by atoms with Crippen LogP contribution in [0.25, 0.3) is 0 Å². The van der Waals surface area contributed by atoms with Crippen molar-refractivity contribution >= 4 is 16.0 Å². The van der Waals surface area contributed by atoms with Crippen LogP contribution in [0.15, 0.2) is 53.4 Å². The van der Waals surface area contributed by atoms with E-state index in [1.807, 2.05) is 31.2 Å². The molecule has 24 heavy (non-hydrogen) atoms. The predicted octanol–water partition coefficient (Wildman–Crippen LogP) is 3.16. The van der Waals surface area contributed by atoms with Gasteiger partial charge in [0.15, 0.2) is 0 Å². The lowest BCUT2D eigenvalue weighted by Crippen LogP contribution is -2.22. The van der Waals surface area contributed by atoms with Crippen molar-refractivity contribution in [1.29, 1.82) is 0 Å². The Morgan fingerprint density at radius 3 is 2.04 bits per heavy atom. The molecule has 0 saturated heterocycles. The topological polar surface area (TPSA) is 63.7 Å². The monoisotopic (exact) mass is 347 g/mol. The number of hydrogen-bond donors (Lipinski definition) is 0. The smallest absolute Gasteiger partial charge is 0.338 e. The number of rotatable bonds is 5. The number of esters is 1. The fourth-order valence-corrected chi connectivity index (χ4v) is 3.01. The van der Waals surface area contributed by atoms with Crippen LogP contribution in [0, 0.1) is 6.92 Å². The Kier molecular flexibility index (Phi) is 5.41. The number of carbonyl (C=O) groups excluding carboxylic acids is 1. The number of benzene rings is 2. The second kappa shape index (κ2) is 7.15. The van der Waals surface area contributed by atoms with Crippen molar-refractivity contribution in [2.24, 2.45) is 0 Å². The molecule has 2 aromatic carbocycles. The lowest BCUT2D eigenvalue weighted by atomic mass is 10.1. The third-order valence-corrected chi connectivity index (χ3v) is 5.53. The van der Waals surface area contributed by atoms with Gasteiger partial charge in [-0.15, -0.1) is 0 Å². The van der Waals surface area contributed by atoms with Gasteiger partial charge in [0.1, 0.15) is 6.10 Å². The second-order valence-corrected chi connectivity index (χ2v) is 7.92. The molecular weight excluding hydrogens is 326 g/mol. The number of hydrogen-bond acceptors (Lipinski definition) is 4. The van der Waals surface area contributed by atoms with Crippen molar-refractivity contribution in [3.05, 3.63) is 65.2 Å². The van der Waals surface area contributed by atoms with Crippen LogP contribution in [-0.2, 0) is 14.8 Å². The summed E-state index contributed by atoms with van der Waals surface area (Å²) in [5.41, 5.74) is 2.35. The first-order chi connectivity index (χ1) is 11.2. The van der Waals surface area contributed by atoms with E-state index >= 15 is 0 Å². The number of sulfonamides is 1. The first-order valence-electron chi connectivity index (χ1n) is 7.52. The molecule has 0 N–H and O–H groups in total. The quantitative estimate of drug-likeness (QED) is 0.780. The van der Waals surface area contributed by atoms with Gasteiger partial charge in [0.05, 0.1) is 10.5 Å². The summed E-state index contributed by atoms with van der Waals surface area (Å²) in [4.78, 5) is 12.3. The summed E-state index contributed by atoms with van der Waals surface area (Å²) in [5, 5.41) is 0. The predicted molar refractivity (Wildman–Crippen MR) is 92.3 cm³/mol. The van der Waals surface area contributed by atoms with Crippen LogP contribution in [0.4, 0.5) is 0 Å². The summed E-state index contributed by atoms with van der Waals surface area (Å²) in [7, 11) is -0.590. The molecule has 5 nitrogen and oxygen atoms in total. The summed E-state index contributed by atoms with van der Waals surface area (Å²) in [6, 6.07) is 13.5. The van der Waals surface area contributed by atoms with Crippen molar-refractivity contribution in [3.8, 4) is 0 Å². The van der Waals surface area contributed by atoms with Crippen molar-refractivity contribution in [3.63, 3.8) is 0 Å². The summed E-state index contributed by atoms with van der Waals surface area (Å²) in [5.74, 6) is -0.489. The van der Waals surface area contributed by atoms with Crippen LogP contribution in [0.3, 0.4) is 0 Å². The molecule has 2 aromatic rings. The van der Waals surface area contributed by atoms with E-state index in [1.165, 1.54) is 38.4 Å². The van der Waals surface area contributed by atoms with E-state index in [2.05, 4.69) is 0 Å². The van der Waals surface area contributed by atoms with Gasteiger partial charge < -0.3 is 4.74 Å². The molecule has 6 heteroatoms. The molecule has 0 saturated carbocycles. The first-order valence-corrected chi connectivity index (χ1v) is 8.96. The van der Waals surface area contributed by atoms with Crippen molar-refractivity contribution in [2.75, 3.05) is 14.1 Å². The molecule has 0 aromatic heterocycles. The van der Waals surface area contributed by atoms with Crippen LogP contribution in [0.1, 0.15) is 34.5 Å². The molecule has 0 fully saturated rings. The molecule has 0 aliphatic rings. The van der Waals surface area contributed by atoms with Crippen molar-refractivity contribution in [1.82, 2.24) is 4.31 Å². The lowest BCUT2D eigenvalue weighted by Gasteiger charge is -2.14. The van der Waals surface area contributed by atoms with Crippen LogP contribution in [0.2, 0.25) is 0 Å². The third kappa shape index (κ3) is 4.01. The van der Waals surface area contributed by atoms with E-state index in [9.17, 15) is 13.2 Å². The van der Waals surface area contributed by atoms with Gasteiger partial charge in [-0.2, -0.15) is 0 Å². The molecule has 1 atom stereocenters. The van der Waals surface area contributed by atoms with Crippen molar-refractivity contribution < 1.29 is 17.9 Å². The molecule has 0 aliphatic carbocycles. The Bertz CT molecular complexity index is 809. The zero-order valence-electron chi connectivity index (χ0n) is 14.2. The van der Waals surface area contributed by atoms with Gasteiger partial charge in [-0.3, -0.25) is 0 Å². The maximum Gasteiger partial charge on any atom is 0.338 e. The lowest BCUT2D eigenvalue weighted by molar-refractivity contribution is 0.0338. The number of ether oxygens (including phenoxy) is 1. The van der Waals surface area contributed by atoms with E-state index in [0.29, 0.717) is 5.56 Å². The fraction of sp³-hybridized carbons (Fsp3) is 0.278. The molecular formula is C18H21NO4S. The zero-order chi connectivity index (χ0) is 17.9. The van der Waals surface area contributed by atoms with E-state index in [-0.39, 0.29) is 11.0 Å². The average molecular weight is 347 g/mol. The minimum absolute atomic E-state index is 0.135.